The molecule has 5 nitrogen and oxygen atoms in total. The molecule has 0 fully saturated rings. The molecule has 0 unspecified atom stereocenters. The minimum absolute atomic E-state index is 0.200. The fraction of sp³-hybridized carbons (Fsp3) is 0.167. The smallest absolute Gasteiger partial charge is 0.325 e. The summed E-state index contributed by atoms with van der Waals surface area (Å²) in [7, 11) is 0. The quantitative estimate of drug-likeness (QED) is 0.879. The average Bonchev–Trinajstić information content (AvgIpc) is 2.31. The van der Waals surface area contributed by atoms with Gasteiger partial charge in [-0.2, -0.15) is 9.97 Å². The van der Waals surface area contributed by atoms with E-state index in [0.29, 0.717) is 22.8 Å². The van der Waals surface area contributed by atoms with E-state index in [1.165, 1.54) is 0 Å². The number of nitrogens with zero attached hydrogens (tertiary/aromatic N) is 2. The van der Waals surface area contributed by atoms with Gasteiger partial charge in [-0.05, 0) is 47.1 Å². The van der Waals surface area contributed by atoms with E-state index in [1.54, 1.807) is 18.2 Å². The number of halogens is 1. The van der Waals surface area contributed by atoms with Gasteiger partial charge in [0.1, 0.15) is 21.9 Å². The number of rotatable bonds is 4. The maximum atomic E-state index is 5.60. The van der Waals surface area contributed by atoms with Gasteiger partial charge in [0.25, 0.3) is 0 Å². The van der Waals surface area contributed by atoms with Gasteiger partial charge >= 0.3 is 6.01 Å². The first kappa shape index (κ1) is 12.6. The molecule has 2 rings (SSSR count). The van der Waals surface area contributed by atoms with Crippen molar-refractivity contribution in [1.82, 2.24) is 9.97 Å². The van der Waals surface area contributed by atoms with Crippen LogP contribution in [0.25, 0.3) is 0 Å². The van der Waals surface area contributed by atoms with Crippen molar-refractivity contribution in [3.8, 4) is 17.5 Å². The lowest BCUT2D eigenvalue weighted by Gasteiger charge is -2.06. The molecule has 0 aliphatic rings. The van der Waals surface area contributed by atoms with Crippen LogP contribution >= 0.6 is 15.9 Å². The minimum Gasteiger partial charge on any atom is -0.494 e. The molecule has 94 valence electrons. The van der Waals surface area contributed by atoms with Crippen molar-refractivity contribution in [1.29, 1.82) is 0 Å². The minimum atomic E-state index is 0.200. The third-order valence-electron chi connectivity index (χ3n) is 2.04. The van der Waals surface area contributed by atoms with E-state index in [-0.39, 0.29) is 6.01 Å². The molecule has 1 heterocycles. The largest absolute Gasteiger partial charge is 0.494 e. The van der Waals surface area contributed by atoms with E-state index in [2.05, 4.69) is 25.9 Å². The Morgan fingerprint density at radius 1 is 1.17 bits per heavy atom. The number of nitrogen functional groups attached to an aromatic ring is 1. The fourth-order valence-electron chi connectivity index (χ4n) is 1.34. The van der Waals surface area contributed by atoms with E-state index >= 15 is 0 Å². The predicted octanol–water partition coefficient (Wildman–Crippen LogP) is 3.01. The van der Waals surface area contributed by atoms with E-state index in [9.17, 15) is 0 Å². The third-order valence-corrected chi connectivity index (χ3v) is 2.44. The van der Waals surface area contributed by atoms with Gasteiger partial charge < -0.3 is 15.2 Å². The van der Waals surface area contributed by atoms with E-state index in [1.807, 2.05) is 19.1 Å². The van der Waals surface area contributed by atoms with Gasteiger partial charge in [-0.15, -0.1) is 0 Å². The maximum Gasteiger partial charge on any atom is 0.325 e. The summed E-state index contributed by atoms with van der Waals surface area (Å²) in [5.74, 6) is 1.76. The van der Waals surface area contributed by atoms with Gasteiger partial charge in [0, 0.05) is 6.07 Å². The Kier molecular flexibility index (Phi) is 3.99. The lowest BCUT2D eigenvalue weighted by molar-refractivity contribution is 0.339. The molecular weight excluding hydrogens is 298 g/mol. The highest BCUT2D eigenvalue weighted by Crippen LogP contribution is 2.23. The number of hydrogen-bond acceptors (Lipinski definition) is 5. The van der Waals surface area contributed by atoms with Crippen LogP contribution in [-0.2, 0) is 0 Å². The lowest BCUT2D eigenvalue weighted by Crippen LogP contribution is -1.97. The van der Waals surface area contributed by atoms with Crippen LogP contribution < -0.4 is 15.2 Å². The summed E-state index contributed by atoms with van der Waals surface area (Å²) < 4.78 is 11.4. The molecule has 0 aliphatic heterocycles. The van der Waals surface area contributed by atoms with Crippen molar-refractivity contribution in [3.63, 3.8) is 0 Å². The van der Waals surface area contributed by atoms with Gasteiger partial charge in [0.05, 0.1) is 6.61 Å². The zero-order valence-electron chi connectivity index (χ0n) is 9.76. The molecule has 0 saturated heterocycles. The Balaban J connectivity index is 2.13. The van der Waals surface area contributed by atoms with Crippen molar-refractivity contribution in [2.45, 2.75) is 6.92 Å². The van der Waals surface area contributed by atoms with Crippen LogP contribution in [-0.4, -0.2) is 16.6 Å². The van der Waals surface area contributed by atoms with E-state index in [4.69, 9.17) is 15.2 Å². The highest BCUT2D eigenvalue weighted by atomic mass is 79.9. The molecule has 0 spiro atoms. The van der Waals surface area contributed by atoms with Gasteiger partial charge in [-0.1, -0.05) is 0 Å². The molecule has 0 radical (unpaired) electrons. The molecule has 1 aromatic carbocycles. The lowest BCUT2D eigenvalue weighted by atomic mass is 10.3. The summed E-state index contributed by atoms with van der Waals surface area (Å²) >= 11 is 3.23. The Morgan fingerprint density at radius 3 is 2.44 bits per heavy atom. The first-order valence-corrected chi connectivity index (χ1v) is 6.17. The number of nitrogens with two attached hydrogens (primary N) is 1. The Morgan fingerprint density at radius 2 is 1.83 bits per heavy atom. The fourth-order valence-corrected chi connectivity index (χ4v) is 1.72. The summed E-state index contributed by atoms with van der Waals surface area (Å²) in [6.45, 7) is 2.56. The summed E-state index contributed by atoms with van der Waals surface area (Å²) in [6, 6.07) is 9.01. The molecule has 0 amide bonds. The van der Waals surface area contributed by atoms with Crippen LogP contribution in [0.4, 0.5) is 5.82 Å². The Bertz CT molecular complexity index is 511. The topological polar surface area (TPSA) is 70.3 Å². The number of ether oxygens (including phenoxy) is 2. The molecule has 1 aromatic heterocycles. The Labute approximate surface area is 113 Å². The van der Waals surface area contributed by atoms with Gasteiger partial charge in [-0.3, -0.25) is 0 Å². The van der Waals surface area contributed by atoms with Crippen LogP contribution in [0.2, 0.25) is 0 Å². The summed E-state index contributed by atoms with van der Waals surface area (Å²) in [4.78, 5) is 8.03. The van der Waals surface area contributed by atoms with Crippen LogP contribution in [0, 0.1) is 0 Å². The summed E-state index contributed by atoms with van der Waals surface area (Å²) in [5, 5.41) is 0. The standard InChI is InChI=1S/C12H12BrN3O2/c1-2-17-8-3-5-9(6-4-8)18-12-15-10(13)7-11(14)16-12/h3-7H,2H2,1H3,(H2,14,15,16). The van der Waals surface area contributed by atoms with E-state index in [0.717, 1.165) is 5.75 Å². The van der Waals surface area contributed by atoms with Crippen LogP contribution in [0.1, 0.15) is 6.92 Å². The molecule has 0 aliphatic carbocycles. The molecule has 2 N–H and O–H groups in total. The molecular formula is C12H12BrN3O2. The van der Waals surface area contributed by atoms with Crippen molar-refractivity contribution >= 4 is 21.7 Å². The van der Waals surface area contributed by atoms with E-state index < -0.39 is 0 Å². The molecule has 0 atom stereocenters. The molecule has 0 bridgehead atoms. The van der Waals surface area contributed by atoms with Crippen LogP contribution in [0.15, 0.2) is 34.9 Å². The average molecular weight is 310 g/mol. The maximum absolute atomic E-state index is 5.60. The summed E-state index contributed by atoms with van der Waals surface area (Å²) in [6.07, 6.45) is 0. The van der Waals surface area contributed by atoms with Crippen LogP contribution in [0.3, 0.4) is 0 Å². The summed E-state index contributed by atoms with van der Waals surface area (Å²) in [5.41, 5.74) is 5.60. The number of benzene rings is 1. The molecule has 18 heavy (non-hydrogen) atoms. The zero-order chi connectivity index (χ0) is 13.0. The molecule has 2 aromatic rings. The predicted molar refractivity (Wildman–Crippen MR) is 71.8 cm³/mol. The molecule has 6 heteroatoms. The first-order chi connectivity index (χ1) is 8.67. The van der Waals surface area contributed by atoms with Crippen LogP contribution in [0.5, 0.6) is 17.5 Å². The number of hydrogen-bond donors (Lipinski definition) is 1. The second kappa shape index (κ2) is 5.68. The highest BCUT2D eigenvalue weighted by Gasteiger charge is 2.04. The SMILES string of the molecule is CCOc1ccc(Oc2nc(N)cc(Br)n2)cc1. The zero-order valence-corrected chi connectivity index (χ0v) is 11.3. The number of anilines is 1. The van der Waals surface area contributed by atoms with Crippen molar-refractivity contribution < 1.29 is 9.47 Å². The van der Waals surface area contributed by atoms with Gasteiger partial charge in [0.15, 0.2) is 0 Å². The monoisotopic (exact) mass is 309 g/mol. The highest BCUT2D eigenvalue weighted by molar-refractivity contribution is 9.10. The number of aromatic nitrogens is 2. The normalized spacial score (nSPS) is 10.1. The second-order valence-corrected chi connectivity index (χ2v) is 4.22. The Hall–Kier alpha value is -1.82. The molecule has 0 saturated carbocycles. The van der Waals surface area contributed by atoms with Crippen molar-refractivity contribution in [2.24, 2.45) is 0 Å². The first-order valence-electron chi connectivity index (χ1n) is 5.38. The van der Waals surface area contributed by atoms with Crippen molar-refractivity contribution in [3.05, 3.63) is 34.9 Å². The third kappa shape index (κ3) is 3.33. The van der Waals surface area contributed by atoms with Gasteiger partial charge in [-0.25, -0.2) is 0 Å². The second-order valence-electron chi connectivity index (χ2n) is 3.40. The van der Waals surface area contributed by atoms with Gasteiger partial charge in [0.2, 0.25) is 0 Å². The van der Waals surface area contributed by atoms with Crippen molar-refractivity contribution in [2.75, 3.05) is 12.3 Å².